The summed E-state index contributed by atoms with van der Waals surface area (Å²) in [7, 11) is 0. The molecule has 120 valence electrons. The minimum atomic E-state index is -0.837. The molecule has 2 aliphatic rings. The second-order valence-electron chi connectivity index (χ2n) is 6.52. The lowest BCUT2D eigenvalue weighted by Gasteiger charge is -2.37. The van der Waals surface area contributed by atoms with Gasteiger partial charge in [0.15, 0.2) is 0 Å². The summed E-state index contributed by atoms with van der Waals surface area (Å²) in [5, 5.41) is 12.0. The van der Waals surface area contributed by atoms with Gasteiger partial charge in [-0.2, -0.15) is 0 Å². The van der Waals surface area contributed by atoms with Gasteiger partial charge in [-0.3, -0.25) is 4.79 Å². The van der Waals surface area contributed by atoms with Gasteiger partial charge in [0, 0.05) is 32.3 Å². The van der Waals surface area contributed by atoms with E-state index in [0.717, 1.165) is 45.3 Å². The van der Waals surface area contributed by atoms with Crippen molar-refractivity contribution in [3.63, 3.8) is 0 Å². The topological polar surface area (TPSA) is 78.9 Å². The van der Waals surface area contributed by atoms with Crippen LogP contribution in [0.25, 0.3) is 0 Å². The van der Waals surface area contributed by atoms with Crippen LogP contribution in [0, 0.1) is 5.41 Å². The van der Waals surface area contributed by atoms with E-state index in [1.165, 1.54) is 0 Å². The first-order valence-corrected chi connectivity index (χ1v) is 7.84. The van der Waals surface area contributed by atoms with E-state index >= 15 is 0 Å². The first-order valence-electron chi connectivity index (χ1n) is 7.84. The number of amides is 2. The number of nitrogens with one attached hydrogen (secondary N) is 1. The molecule has 6 heteroatoms. The van der Waals surface area contributed by atoms with Crippen molar-refractivity contribution in [2.45, 2.75) is 51.5 Å². The molecule has 2 aliphatic heterocycles. The molecular formula is C15H26N2O4. The summed E-state index contributed by atoms with van der Waals surface area (Å²) in [5.74, 6) is -0.837. The van der Waals surface area contributed by atoms with Crippen LogP contribution in [0.3, 0.4) is 0 Å². The average Bonchev–Trinajstić information content (AvgIpc) is 2.46. The van der Waals surface area contributed by atoms with Crippen molar-refractivity contribution in [3.8, 4) is 0 Å². The largest absolute Gasteiger partial charge is 0.481 e. The van der Waals surface area contributed by atoms with Gasteiger partial charge in [0.05, 0.1) is 6.42 Å². The molecule has 1 unspecified atom stereocenters. The van der Waals surface area contributed by atoms with Crippen LogP contribution in [0.2, 0.25) is 0 Å². The zero-order chi connectivity index (χ0) is 15.3. The molecule has 0 bridgehead atoms. The maximum atomic E-state index is 12.4. The molecule has 2 fully saturated rings. The first-order chi connectivity index (χ1) is 10.0. The van der Waals surface area contributed by atoms with Crippen molar-refractivity contribution in [3.05, 3.63) is 0 Å². The normalized spacial score (nSPS) is 25.4. The summed E-state index contributed by atoms with van der Waals surface area (Å²) in [6, 6.07) is -0.285. The van der Waals surface area contributed by atoms with Gasteiger partial charge in [-0.15, -0.1) is 0 Å². The smallest absolute Gasteiger partial charge is 0.317 e. The van der Waals surface area contributed by atoms with Gasteiger partial charge in [0.1, 0.15) is 0 Å². The van der Waals surface area contributed by atoms with Gasteiger partial charge < -0.3 is 20.1 Å². The number of nitrogens with zero attached hydrogens (tertiary/aromatic N) is 1. The second kappa shape index (κ2) is 7.11. The van der Waals surface area contributed by atoms with E-state index in [-0.39, 0.29) is 23.9 Å². The zero-order valence-electron chi connectivity index (χ0n) is 12.8. The van der Waals surface area contributed by atoms with E-state index in [0.29, 0.717) is 13.1 Å². The van der Waals surface area contributed by atoms with Gasteiger partial charge in [-0.05, 0) is 37.5 Å². The van der Waals surface area contributed by atoms with Gasteiger partial charge in [-0.25, -0.2) is 4.79 Å². The molecule has 0 saturated carbocycles. The molecule has 0 radical (unpaired) electrons. The fourth-order valence-corrected chi connectivity index (χ4v) is 3.11. The minimum Gasteiger partial charge on any atom is -0.481 e. The molecular weight excluding hydrogens is 272 g/mol. The van der Waals surface area contributed by atoms with E-state index < -0.39 is 5.97 Å². The Labute approximate surface area is 125 Å². The molecule has 21 heavy (non-hydrogen) atoms. The van der Waals surface area contributed by atoms with Crippen LogP contribution in [-0.2, 0) is 9.53 Å². The van der Waals surface area contributed by atoms with Crippen molar-refractivity contribution < 1.29 is 19.4 Å². The van der Waals surface area contributed by atoms with Crippen LogP contribution in [0.15, 0.2) is 0 Å². The SMILES string of the molecule is CC1(CNC(=O)N2CCCCC2CC(=O)O)CCOCC1. The number of piperidine rings is 1. The summed E-state index contributed by atoms with van der Waals surface area (Å²) in [6.07, 6.45) is 4.67. The molecule has 0 aromatic rings. The number of rotatable bonds is 4. The predicted octanol–water partition coefficient (Wildman–Crippen LogP) is 1.84. The van der Waals surface area contributed by atoms with Crippen molar-refractivity contribution >= 4 is 12.0 Å². The highest BCUT2D eigenvalue weighted by Gasteiger charge is 2.31. The summed E-state index contributed by atoms with van der Waals surface area (Å²) >= 11 is 0. The Balaban J connectivity index is 1.86. The van der Waals surface area contributed by atoms with Crippen molar-refractivity contribution in [1.82, 2.24) is 10.2 Å². The van der Waals surface area contributed by atoms with Crippen LogP contribution < -0.4 is 5.32 Å². The van der Waals surface area contributed by atoms with Crippen LogP contribution in [-0.4, -0.2) is 54.4 Å². The predicted molar refractivity (Wildman–Crippen MR) is 78.2 cm³/mol. The Kier molecular flexibility index (Phi) is 5.45. The number of carboxylic acids is 1. The van der Waals surface area contributed by atoms with E-state index in [9.17, 15) is 9.59 Å². The number of carboxylic acid groups (broad SMARTS) is 1. The molecule has 6 nitrogen and oxygen atoms in total. The van der Waals surface area contributed by atoms with Crippen molar-refractivity contribution in [2.24, 2.45) is 5.41 Å². The minimum absolute atomic E-state index is 0.0402. The number of aliphatic carboxylic acids is 1. The quantitative estimate of drug-likeness (QED) is 0.830. The molecule has 0 spiro atoms. The lowest BCUT2D eigenvalue weighted by atomic mass is 9.82. The summed E-state index contributed by atoms with van der Waals surface area (Å²) in [6.45, 7) is 4.95. The van der Waals surface area contributed by atoms with E-state index in [1.807, 2.05) is 0 Å². The third-order valence-corrected chi connectivity index (χ3v) is 4.66. The van der Waals surface area contributed by atoms with Gasteiger partial charge >= 0.3 is 12.0 Å². The van der Waals surface area contributed by atoms with Crippen LogP contribution in [0.4, 0.5) is 4.79 Å². The van der Waals surface area contributed by atoms with Crippen LogP contribution in [0.1, 0.15) is 45.4 Å². The Bertz CT molecular complexity index is 380. The van der Waals surface area contributed by atoms with Gasteiger partial charge in [0.2, 0.25) is 0 Å². The molecule has 2 saturated heterocycles. The fraction of sp³-hybridized carbons (Fsp3) is 0.867. The molecule has 0 aromatic heterocycles. The third-order valence-electron chi connectivity index (χ3n) is 4.66. The summed E-state index contributed by atoms with van der Waals surface area (Å²) in [4.78, 5) is 25.0. The number of ether oxygens (including phenoxy) is 1. The summed E-state index contributed by atoms with van der Waals surface area (Å²) < 4.78 is 5.36. The highest BCUT2D eigenvalue weighted by atomic mass is 16.5. The zero-order valence-corrected chi connectivity index (χ0v) is 12.8. The number of urea groups is 1. The summed E-state index contributed by atoms with van der Waals surface area (Å²) in [5.41, 5.74) is 0.0893. The second-order valence-corrected chi connectivity index (χ2v) is 6.52. The molecule has 2 N–H and O–H groups in total. The van der Waals surface area contributed by atoms with Gasteiger partial charge in [0.25, 0.3) is 0 Å². The van der Waals surface area contributed by atoms with Gasteiger partial charge in [-0.1, -0.05) is 6.92 Å². The lowest BCUT2D eigenvalue weighted by Crippen LogP contribution is -2.51. The van der Waals surface area contributed by atoms with E-state index in [4.69, 9.17) is 9.84 Å². The Morgan fingerprint density at radius 3 is 2.71 bits per heavy atom. The molecule has 2 amide bonds. The highest BCUT2D eigenvalue weighted by Crippen LogP contribution is 2.29. The number of hydrogen-bond donors (Lipinski definition) is 2. The third kappa shape index (κ3) is 4.59. The number of hydrogen-bond acceptors (Lipinski definition) is 3. The van der Waals surface area contributed by atoms with Crippen molar-refractivity contribution in [1.29, 1.82) is 0 Å². The van der Waals surface area contributed by atoms with E-state index in [2.05, 4.69) is 12.2 Å². The number of carbonyl (C=O) groups excluding carboxylic acids is 1. The Hall–Kier alpha value is -1.30. The monoisotopic (exact) mass is 298 g/mol. The molecule has 2 heterocycles. The molecule has 0 aliphatic carbocycles. The lowest BCUT2D eigenvalue weighted by molar-refractivity contribution is -0.138. The average molecular weight is 298 g/mol. The van der Waals surface area contributed by atoms with Crippen molar-refractivity contribution in [2.75, 3.05) is 26.3 Å². The van der Waals surface area contributed by atoms with E-state index in [1.54, 1.807) is 4.90 Å². The van der Waals surface area contributed by atoms with Crippen LogP contribution in [0.5, 0.6) is 0 Å². The fourth-order valence-electron chi connectivity index (χ4n) is 3.11. The maximum Gasteiger partial charge on any atom is 0.317 e. The Morgan fingerprint density at radius 2 is 2.05 bits per heavy atom. The highest BCUT2D eigenvalue weighted by molar-refractivity contribution is 5.76. The first kappa shape index (κ1) is 16.1. The van der Waals surface area contributed by atoms with Crippen LogP contribution >= 0.6 is 0 Å². The molecule has 1 atom stereocenters. The molecule has 0 aromatic carbocycles. The number of likely N-dealkylation sites (tertiary alicyclic amines) is 1. The number of carbonyl (C=O) groups is 2. The Morgan fingerprint density at radius 1 is 1.33 bits per heavy atom. The maximum absolute atomic E-state index is 12.4. The molecule has 2 rings (SSSR count). The standard InChI is InChI=1S/C15H26N2O4/c1-15(5-8-21-9-6-15)11-16-14(20)17-7-3-2-4-12(17)10-13(18)19/h12H,2-11H2,1H3,(H,16,20)(H,18,19).